The van der Waals surface area contributed by atoms with Crippen molar-refractivity contribution in [3.05, 3.63) is 65.5 Å². The molecule has 2 heterocycles. The molecule has 2 aromatic rings. The molecule has 4 rings (SSSR count). The Hall–Kier alpha value is -2.49. The molecule has 7 nitrogen and oxygen atoms in total. The Balaban J connectivity index is 1.25. The summed E-state index contributed by atoms with van der Waals surface area (Å²) in [6.07, 6.45) is 3.21. The van der Waals surface area contributed by atoms with Gasteiger partial charge in [0, 0.05) is 37.8 Å². The first-order valence-corrected chi connectivity index (χ1v) is 12.6. The van der Waals surface area contributed by atoms with Crippen LogP contribution in [0.5, 0.6) is 0 Å². The predicted octanol–water partition coefficient (Wildman–Crippen LogP) is 2.83. The highest BCUT2D eigenvalue weighted by Gasteiger charge is 2.28. The van der Waals surface area contributed by atoms with E-state index >= 15 is 0 Å². The van der Waals surface area contributed by atoms with Crippen molar-refractivity contribution in [2.24, 2.45) is 0 Å². The van der Waals surface area contributed by atoms with Gasteiger partial charge in [0.15, 0.2) is 0 Å². The van der Waals surface area contributed by atoms with Crippen LogP contribution >= 0.6 is 0 Å². The van der Waals surface area contributed by atoms with Crippen LogP contribution in [-0.4, -0.2) is 51.2 Å². The SMILES string of the molecule is CN(CCCC1CC(c2cccc(F)c2)NN1)C(=O)c1ccc(N2CCCS2(=O)=O)cc1. The van der Waals surface area contributed by atoms with Crippen molar-refractivity contribution in [3.63, 3.8) is 0 Å². The van der Waals surface area contributed by atoms with E-state index in [-0.39, 0.29) is 29.6 Å². The molecule has 2 saturated heterocycles. The van der Waals surface area contributed by atoms with Crippen molar-refractivity contribution >= 4 is 21.6 Å². The third kappa shape index (κ3) is 5.11. The molecule has 172 valence electrons. The summed E-state index contributed by atoms with van der Waals surface area (Å²) in [5, 5.41) is 0. The summed E-state index contributed by atoms with van der Waals surface area (Å²) in [7, 11) is -1.45. The van der Waals surface area contributed by atoms with E-state index in [0.29, 0.717) is 30.8 Å². The first-order chi connectivity index (χ1) is 15.3. The summed E-state index contributed by atoms with van der Waals surface area (Å²) in [4.78, 5) is 14.4. The molecule has 2 N–H and O–H groups in total. The molecule has 0 bridgehead atoms. The Morgan fingerprint density at radius 1 is 1.19 bits per heavy atom. The van der Waals surface area contributed by atoms with Gasteiger partial charge in [-0.15, -0.1) is 0 Å². The minimum Gasteiger partial charge on any atom is -0.342 e. The summed E-state index contributed by atoms with van der Waals surface area (Å²) in [6.45, 7) is 1.10. The third-order valence-corrected chi connectivity index (χ3v) is 8.00. The van der Waals surface area contributed by atoms with Gasteiger partial charge in [-0.2, -0.15) is 0 Å². The van der Waals surface area contributed by atoms with Gasteiger partial charge in [0.1, 0.15) is 5.82 Å². The lowest BCUT2D eigenvalue weighted by Gasteiger charge is -2.20. The van der Waals surface area contributed by atoms with E-state index in [1.54, 1.807) is 48.3 Å². The highest BCUT2D eigenvalue weighted by molar-refractivity contribution is 7.93. The maximum atomic E-state index is 13.4. The van der Waals surface area contributed by atoms with Crippen LogP contribution in [0.15, 0.2) is 48.5 Å². The second kappa shape index (κ2) is 9.56. The number of carbonyl (C=O) groups excluding carboxylic acids is 1. The van der Waals surface area contributed by atoms with Gasteiger partial charge in [0.2, 0.25) is 10.0 Å². The summed E-state index contributed by atoms with van der Waals surface area (Å²) in [5.41, 5.74) is 8.57. The highest BCUT2D eigenvalue weighted by atomic mass is 32.2. The number of hydrazine groups is 1. The van der Waals surface area contributed by atoms with Crippen molar-refractivity contribution in [2.75, 3.05) is 30.2 Å². The van der Waals surface area contributed by atoms with Crippen LogP contribution < -0.4 is 15.2 Å². The second-order valence-electron chi connectivity index (χ2n) is 8.49. The van der Waals surface area contributed by atoms with Crippen molar-refractivity contribution in [3.8, 4) is 0 Å². The summed E-state index contributed by atoms with van der Waals surface area (Å²) >= 11 is 0. The number of nitrogens with zero attached hydrogens (tertiary/aromatic N) is 2. The lowest BCUT2D eigenvalue weighted by Crippen LogP contribution is -2.32. The number of halogens is 1. The largest absolute Gasteiger partial charge is 0.342 e. The van der Waals surface area contributed by atoms with Crippen LogP contribution in [0.1, 0.15) is 47.6 Å². The second-order valence-corrected chi connectivity index (χ2v) is 10.5. The molecular formula is C23H29FN4O3S. The third-order valence-electron chi connectivity index (χ3n) is 6.13. The van der Waals surface area contributed by atoms with Gasteiger partial charge in [-0.25, -0.2) is 12.8 Å². The van der Waals surface area contributed by atoms with Crippen LogP contribution in [0, 0.1) is 5.82 Å². The highest BCUT2D eigenvalue weighted by Crippen LogP contribution is 2.26. The van der Waals surface area contributed by atoms with E-state index < -0.39 is 10.0 Å². The van der Waals surface area contributed by atoms with Gasteiger partial charge < -0.3 is 4.90 Å². The number of hydrogen-bond acceptors (Lipinski definition) is 5. The number of benzene rings is 2. The molecule has 2 atom stereocenters. The zero-order valence-corrected chi connectivity index (χ0v) is 18.9. The summed E-state index contributed by atoms with van der Waals surface area (Å²) in [5.74, 6) is -0.149. The maximum absolute atomic E-state index is 13.4. The average Bonchev–Trinajstić information content (AvgIpc) is 3.39. The van der Waals surface area contributed by atoms with Gasteiger partial charge in [0.05, 0.1) is 11.4 Å². The van der Waals surface area contributed by atoms with E-state index in [9.17, 15) is 17.6 Å². The zero-order chi connectivity index (χ0) is 22.7. The number of rotatable bonds is 7. The minimum absolute atomic E-state index is 0.0768. The van der Waals surface area contributed by atoms with Gasteiger partial charge in [-0.3, -0.25) is 20.0 Å². The number of carbonyl (C=O) groups is 1. The molecule has 0 spiro atoms. The number of anilines is 1. The Morgan fingerprint density at radius 3 is 2.66 bits per heavy atom. The topological polar surface area (TPSA) is 81.8 Å². The van der Waals surface area contributed by atoms with Crippen LogP contribution in [0.2, 0.25) is 0 Å². The van der Waals surface area contributed by atoms with Gasteiger partial charge in [-0.05, 0) is 67.6 Å². The molecule has 9 heteroatoms. The minimum atomic E-state index is -3.23. The maximum Gasteiger partial charge on any atom is 0.253 e. The van der Waals surface area contributed by atoms with Crippen molar-refractivity contribution in [1.29, 1.82) is 0 Å². The lowest BCUT2D eigenvalue weighted by molar-refractivity contribution is 0.0791. The Bertz CT molecular complexity index is 1060. The summed E-state index contributed by atoms with van der Waals surface area (Å²) < 4.78 is 39.0. The van der Waals surface area contributed by atoms with E-state index in [1.165, 1.54) is 10.4 Å². The smallest absolute Gasteiger partial charge is 0.253 e. The molecular weight excluding hydrogens is 431 g/mol. The van der Waals surface area contributed by atoms with E-state index in [2.05, 4.69) is 10.9 Å². The van der Waals surface area contributed by atoms with Gasteiger partial charge >= 0.3 is 0 Å². The lowest BCUT2D eigenvalue weighted by atomic mass is 9.99. The van der Waals surface area contributed by atoms with Crippen molar-refractivity contribution in [2.45, 2.75) is 37.8 Å². The number of sulfonamides is 1. The van der Waals surface area contributed by atoms with Crippen LogP contribution in [0.25, 0.3) is 0 Å². The standard InChI is InChI=1S/C23H29FN4O3S/c1-27(12-3-7-20-16-22(26-25-20)18-5-2-6-19(24)15-18)23(29)17-8-10-21(11-9-17)28-13-4-14-32(28,30)31/h2,5-6,8-11,15,20,22,25-26H,3-4,7,12-14,16H2,1H3. The molecule has 0 aromatic heterocycles. The first kappa shape index (κ1) is 22.7. The Labute approximate surface area is 188 Å². The zero-order valence-electron chi connectivity index (χ0n) is 18.1. The van der Waals surface area contributed by atoms with E-state index in [1.807, 2.05) is 6.07 Å². The van der Waals surface area contributed by atoms with Crippen LogP contribution in [0.4, 0.5) is 10.1 Å². The van der Waals surface area contributed by atoms with Crippen molar-refractivity contribution < 1.29 is 17.6 Å². The normalized spacial score (nSPS) is 22.2. The van der Waals surface area contributed by atoms with Crippen molar-refractivity contribution in [1.82, 2.24) is 15.8 Å². The van der Waals surface area contributed by atoms with Gasteiger partial charge in [-0.1, -0.05) is 12.1 Å². The molecule has 2 aromatic carbocycles. The number of hydrogen-bond donors (Lipinski definition) is 2. The monoisotopic (exact) mass is 460 g/mol. The Morgan fingerprint density at radius 2 is 1.97 bits per heavy atom. The van der Waals surface area contributed by atoms with Crippen LogP contribution in [-0.2, 0) is 10.0 Å². The average molecular weight is 461 g/mol. The fourth-order valence-corrected chi connectivity index (χ4v) is 5.91. The fourth-order valence-electron chi connectivity index (χ4n) is 4.35. The number of amides is 1. The quantitative estimate of drug-likeness (QED) is 0.664. The molecule has 2 aliphatic rings. The summed E-state index contributed by atoms with van der Waals surface area (Å²) in [6, 6.07) is 13.7. The number of nitrogens with one attached hydrogen (secondary N) is 2. The molecule has 2 unspecified atom stereocenters. The molecule has 2 aliphatic heterocycles. The molecule has 0 radical (unpaired) electrons. The Kier molecular flexibility index (Phi) is 6.78. The fraction of sp³-hybridized carbons (Fsp3) is 0.435. The molecule has 0 aliphatic carbocycles. The predicted molar refractivity (Wildman–Crippen MR) is 122 cm³/mol. The molecule has 32 heavy (non-hydrogen) atoms. The molecule has 1 amide bonds. The molecule has 2 fully saturated rings. The molecule has 0 saturated carbocycles. The van der Waals surface area contributed by atoms with E-state index in [0.717, 1.165) is 24.8 Å². The van der Waals surface area contributed by atoms with E-state index in [4.69, 9.17) is 0 Å². The van der Waals surface area contributed by atoms with Gasteiger partial charge in [0.25, 0.3) is 5.91 Å². The van der Waals surface area contributed by atoms with Crippen LogP contribution in [0.3, 0.4) is 0 Å². The first-order valence-electron chi connectivity index (χ1n) is 11.0.